The maximum Gasteiger partial charge on any atom is 0.359 e. The molecule has 2 aromatic heterocycles. The Balaban J connectivity index is 1.18. The quantitative estimate of drug-likeness (QED) is 0.430. The second-order valence-electron chi connectivity index (χ2n) is 13.3. The molecule has 0 unspecified atom stereocenters. The van der Waals surface area contributed by atoms with Crippen molar-refractivity contribution < 1.29 is 24.5 Å². The molecule has 4 saturated carbocycles. The van der Waals surface area contributed by atoms with E-state index >= 15 is 0 Å². The van der Waals surface area contributed by atoms with E-state index in [0.717, 1.165) is 54.9 Å². The number of nitriles is 1. The lowest BCUT2D eigenvalue weighted by atomic mass is 9.46. The van der Waals surface area contributed by atoms with Crippen LogP contribution in [0.4, 0.5) is 0 Å². The molecule has 0 amide bonds. The number of pyridine rings is 1. The third-order valence-electron chi connectivity index (χ3n) is 11.1. The summed E-state index contributed by atoms with van der Waals surface area (Å²) in [6.07, 6.45) is 9.80. The third kappa shape index (κ3) is 4.05. The first-order valence-corrected chi connectivity index (χ1v) is 14.9. The first-order valence-electron chi connectivity index (χ1n) is 14.9. The Bertz CT molecular complexity index is 1470. The van der Waals surface area contributed by atoms with Crippen molar-refractivity contribution in [3.8, 4) is 11.9 Å². The highest BCUT2D eigenvalue weighted by Gasteiger charge is 2.64. The van der Waals surface area contributed by atoms with Crippen molar-refractivity contribution in [1.82, 2.24) is 14.8 Å². The van der Waals surface area contributed by atoms with Crippen LogP contribution in [0.25, 0.3) is 11.9 Å². The number of allylic oxidation sites excluding steroid dienone is 1. The minimum absolute atomic E-state index is 0.0318. The van der Waals surface area contributed by atoms with Gasteiger partial charge in [0.15, 0.2) is 5.82 Å². The highest BCUT2D eigenvalue weighted by Crippen LogP contribution is 2.66. The Morgan fingerprint density at radius 3 is 2.68 bits per heavy atom. The Morgan fingerprint density at radius 2 is 1.95 bits per heavy atom. The maximum absolute atomic E-state index is 13.1. The molecule has 5 aliphatic carbocycles. The summed E-state index contributed by atoms with van der Waals surface area (Å²) < 4.78 is 1.86. The molecule has 2 aromatic rings. The number of nitrogens with zero attached hydrogens (tertiary/aromatic N) is 4. The van der Waals surface area contributed by atoms with Gasteiger partial charge in [0.25, 0.3) is 0 Å². The van der Waals surface area contributed by atoms with Crippen LogP contribution < -0.4 is 0 Å². The molecular formula is C32H36N4O5. The van der Waals surface area contributed by atoms with Crippen molar-refractivity contribution >= 4 is 18.0 Å². The number of carbonyl (C=O) groups excluding carboxylic acids is 2. The Hall–Kier alpha value is -3.51. The molecule has 7 rings (SSSR count). The molecule has 0 aromatic carbocycles. The van der Waals surface area contributed by atoms with E-state index in [-0.39, 0.29) is 35.5 Å². The molecule has 41 heavy (non-hydrogen) atoms. The fourth-order valence-corrected chi connectivity index (χ4v) is 9.11. The lowest BCUT2D eigenvalue weighted by Crippen LogP contribution is -2.57. The average Bonchev–Trinajstić information content (AvgIpc) is 3.68. The summed E-state index contributed by atoms with van der Waals surface area (Å²) in [5.74, 6) is -0.212. The molecule has 214 valence electrons. The van der Waals surface area contributed by atoms with Crippen LogP contribution in [-0.4, -0.2) is 37.9 Å². The second kappa shape index (κ2) is 9.52. The summed E-state index contributed by atoms with van der Waals surface area (Å²) in [7, 11) is 0. The molecule has 0 spiro atoms. The lowest BCUT2D eigenvalue weighted by molar-refractivity contribution is -0.266. The van der Waals surface area contributed by atoms with Crippen LogP contribution in [0.2, 0.25) is 0 Å². The molecule has 2 heterocycles. The van der Waals surface area contributed by atoms with Crippen LogP contribution in [0.1, 0.15) is 75.7 Å². The molecule has 0 saturated heterocycles. The first-order chi connectivity index (χ1) is 19.7. The Morgan fingerprint density at radius 1 is 1.15 bits per heavy atom. The largest absolute Gasteiger partial charge is 0.393 e. The van der Waals surface area contributed by atoms with Crippen LogP contribution in [0.15, 0.2) is 30.0 Å². The molecule has 0 bridgehead atoms. The van der Waals surface area contributed by atoms with Gasteiger partial charge in [-0.1, -0.05) is 25.5 Å². The predicted molar refractivity (Wildman–Crippen MR) is 147 cm³/mol. The molecule has 9 nitrogen and oxygen atoms in total. The molecule has 4 fully saturated rings. The van der Waals surface area contributed by atoms with Crippen molar-refractivity contribution in [1.29, 1.82) is 5.26 Å². The maximum atomic E-state index is 13.1. The summed E-state index contributed by atoms with van der Waals surface area (Å²) >= 11 is 0. The standard InChI is InChI=1S/C32H36N4O5/c1-31-16-21-24(12-13-33)35-36(27-5-3-4-14-34-27)25(21)15-19(31)8-9-20-22-10-11-23(32(22,2)17-26(37)28(20)31)30(39)41-40-29(38)18-6-7-18/h3-5,14-15,18,20,22-23,26,28,37H,6-12,16-17H2,1-2H3/t20-,22-,23-,26-,28+,31-,32-/m0/s1. The van der Waals surface area contributed by atoms with Gasteiger partial charge in [-0.3, -0.25) is 0 Å². The molecule has 1 N–H and O–H groups in total. The zero-order valence-corrected chi connectivity index (χ0v) is 23.6. The summed E-state index contributed by atoms with van der Waals surface area (Å²) in [6.45, 7) is 4.39. The van der Waals surface area contributed by atoms with Gasteiger partial charge in [0.05, 0.1) is 41.8 Å². The number of fused-ring (bicyclic) bond motifs is 6. The van der Waals surface area contributed by atoms with Gasteiger partial charge in [-0.25, -0.2) is 29.0 Å². The van der Waals surface area contributed by atoms with Crippen LogP contribution in [0.5, 0.6) is 0 Å². The number of hydrogen-bond acceptors (Lipinski definition) is 8. The Kier molecular flexibility index (Phi) is 6.13. The lowest BCUT2D eigenvalue weighted by Gasteiger charge is -2.59. The van der Waals surface area contributed by atoms with Crippen LogP contribution in [0, 0.1) is 51.8 Å². The molecular weight excluding hydrogens is 520 g/mol. The number of hydrogen-bond donors (Lipinski definition) is 1. The molecule has 0 aliphatic heterocycles. The summed E-state index contributed by atoms with van der Waals surface area (Å²) in [5.41, 5.74) is 3.44. The van der Waals surface area contributed by atoms with Gasteiger partial charge in [-0.05, 0) is 98.2 Å². The van der Waals surface area contributed by atoms with Crippen LogP contribution >= 0.6 is 0 Å². The van der Waals surface area contributed by atoms with Gasteiger partial charge >= 0.3 is 11.9 Å². The molecule has 9 heteroatoms. The fourth-order valence-electron chi connectivity index (χ4n) is 9.11. The van der Waals surface area contributed by atoms with Crippen molar-refractivity contribution in [2.45, 2.75) is 77.7 Å². The third-order valence-corrected chi connectivity index (χ3v) is 11.1. The first kappa shape index (κ1) is 26.4. The van der Waals surface area contributed by atoms with E-state index < -0.39 is 29.4 Å². The van der Waals surface area contributed by atoms with E-state index in [0.29, 0.717) is 19.3 Å². The van der Waals surface area contributed by atoms with E-state index in [1.807, 2.05) is 22.9 Å². The van der Waals surface area contributed by atoms with Gasteiger partial charge < -0.3 is 5.11 Å². The van der Waals surface area contributed by atoms with Crippen LogP contribution in [-0.2, 0) is 32.2 Å². The van der Waals surface area contributed by atoms with Crippen molar-refractivity contribution in [2.24, 2.45) is 40.4 Å². The number of aliphatic hydroxyl groups is 1. The van der Waals surface area contributed by atoms with Gasteiger partial charge in [-0.15, -0.1) is 0 Å². The van der Waals surface area contributed by atoms with E-state index in [1.54, 1.807) is 6.20 Å². The van der Waals surface area contributed by atoms with Crippen molar-refractivity contribution in [2.75, 3.05) is 0 Å². The summed E-state index contributed by atoms with van der Waals surface area (Å²) in [5, 5.41) is 26.3. The predicted octanol–water partition coefficient (Wildman–Crippen LogP) is 4.51. The van der Waals surface area contributed by atoms with E-state index in [1.165, 1.54) is 5.57 Å². The van der Waals surface area contributed by atoms with E-state index in [2.05, 4.69) is 31.0 Å². The number of carbonyl (C=O) groups is 2. The topological polar surface area (TPSA) is 127 Å². The SMILES string of the molecule is C[C@]12C[C@H](O)[C@H]3[C@@H](CCC4=Cc5c(c(CC#N)nn5-c5ccccn5)C[C@@]43C)[C@@H]1CC[C@H]2C(=O)OOC(=O)C1CC1. The highest BCUT2D eigenvalue weighted by molar-refractivity contribution is 5.77. The smallest absolute Gasteiger partial charge is 0.359 e. The average molecular weight is 557 g/mol. The van der Waals surface area contributed by atoms with Crippen molar-refractivity contribution in [3.63, 3.8) is 0 Å². The van der Waals surface area contributed by atoms with Gasteiger partial charge in [0.1, 0.15) is 0 Å². The van der Waals surface area contributed by atoms with Gasteiger partial charge in [0, 0.05) is 11.8 Å². The zero-order valence-electron chi connectivity index (χ0n) is 23.6. The number of aromatic nitrogens is 3. The molecule has 0 radical (unpaired) electrons. The Labute approximate surface area is 239 Å². The zero-order chi connectivity index (χ0) is 28.5. The molecule has 7 atom stereocenters. The fraction of sp³-hybridized carbons (Fsp3) is 0.594. The van der Waals surface area contributed by atoms with Crippen molar-refractivity contribution in [3.05, 3.63) is 46.9 Å². The normalized spacial score (nSPS) is 35.2. The summed E-state index contributed by atoms with van der Waals surface area (Å²) in [6, 6.07) is 8.02. The monoisotopic (exact) mass is 556 g/mol. The van der Waals surface area contributed by atoms with Gasteiger partial charge in [-0.2, -0.15) is 10.4 Å². The minimum atomic E-state index is -0.593. The second-order valence-corrected chi connectivity index (χ2v) is 13.3. The van der Waals surface area contributed by atoms with E-state index in [9.17, 15) is 20.0 Å². The summed E-state index contributed by atoms with van der Waals surface area (Å²) in [4.78, 5) is 39.6. The van der Waals surface area contributed by atoms with Gasteiger partial charge in [0.2, 0.25) is 0 Å². The molecule has 5 aliphatic rings. The number of rotatable bonds is 4. The van der Waals surface area contributed by atoms with Crippen LogP contribution in [0.3, 0.4) is 0 Å². The van der Waals surface area contributed by atoms with E-state index in [4.69, 9.17) is 14.9 Å². The highest BCUT2D eigenvalue weighted by atomic mass is 17.2. The minimum Gasteiger partial charge on any atom is -0.393 e. The number of aliphatic hydroxyl groups excluding tert-OH is 1.